The molecule has 0 radical (unpaired) electrons. The summed E-state index contributed by atoms with van der Waals surface area (Å²) >= 11 is 1.68. The van der Waals surface area contributed by atoms with Crippen LogP contribution in [0.3, 0.4) is 0 Å². The number of hydrogen-bond acceptors (Lipinski definition) is 3. The minimum Gasteiger partial charge on any atom is -0.346 e. The lowest BCUT2D eigenvalue weighted by atomic mass is 10.1. The van der Waals surface area contributed by atoms with Crippen LogP contribution in [0, 0.1) is 0 Å². The standard InChI is InChI=1S/C25H28N4OS/c1-18(2)29-21-9-4-3-8-20(21)26-25(29)22-10-7-14-28(22)24(30)16-23(19-11-15-31-17-19)27-12-5-6-13-27/h3-6,8-9,11-13,15,17-18,22-23H,7,10,14,16H2,1-2H3. The van der Waals surface area contributed by atoms with E-state index in [1.807, 2.05) is 18.2 Å². The summed E-state index contributed by atoms with van der Waals surface area (Å²) < 4.78 is 4.46. The van der Waals surface area contributed by atoms with Crippen molar-refractivity contribution in [2.24, 2.45) is 0 Å². The number of carbonyl (C=O) groups is 1. The molecule has 2 atom stereocenters. The molecule has 0 N–H and O–H groups in total. The minimum atomic E-state index is 0.0268. The van der Waals surface area contributed by atoms with Crippen molar-refractivity contribution in [3.8, 4) is 0 Å². The van der Waals surface area contributed by atoms with E-state index in [2.05, 4.69) is 75.3 Å². The fourth-order valence-corrected chi connectivity index (χ4v) is 5.58. The van der Waals surface area contributed by atoms with Gasteiger partial charge in [0.15, 0.2) is 0 Å². The lowest BCUT2D eigenvalue weighted by molar-refractivity contribution is -0.132. The van der Waals surface area contributed by atoms with Crippen LogP contribution in [-0.4, -0.2) is 31.5 Å². The average Bonchev–Trinajstić information content (AvgIpc) is 3.56. The first-order chi connectivity index (χ1) is 15.1. The highest BCUT2D eigenvalue weighted by atomic mass is 32.1. The molecule has 0 aliphatic carbocycles. The number of carbonyl (C=O) groups excluding carboxylic acids is 1. The van der Waals surface area contributed by atoms with E-state index < -0.39 is 0 Å². The molecule has 0 spiro atoms. The smallest absolute Gasteiger partial charge is 0.225 e. The molecule has 0 bridgehead atoms. The number of likely N-dealkylation sites (tertiary alicyclic amines) is 1. The highest BCUT2D eigenvalue weighted by molar-refractivity contribution is 7.08. The third kappa shape index (κ3) is 3.69. The second-order valence-electron chi connectivity index (χ2n) is 8.57. The summed E-state index contributed by atoms with van der Waals surface area (Å²) in [5.41, 5.74) is 3.35. The molecule has 3 aromatic heterocycles. The average molecular weight is 433 g/mol. The maximum atomic E-state index is 13.6. The Bertz CT molecular complexity index is 1130. The molecule has 1 aromatic carbocycles. The first-order valence-electron chi connectivity index (χ1n) is 11.0. The summed E-state index contributed by atoms with van der Waals surface area (Å²) in [6.45, 7) is 5.18. The fourth-order valence-electron chi connectivity index (χ4n) is 4.87. The summed E-state index contributed by atoms with van der Waals surface area (Å²) in [5, 5.41) is 4.23. The third-order valence-corrected chi connectivity index (χ3v) is 7.00. The van der Waals surface area contributed by atoms with Crippen LogP contribution in [0.5, 0.6) is 0 Å². The van der Waals surface area contributed by atoms with Gasteiger partial charge >= 0.3 is 0 Å². The zero-order valence-electron chi connectivity index (χ0n) is 18.0. The molecule has 1 aliphatic heterocycles. The molecule has 1 amide bonds. The Morgan fingerprint density at radius 1 is 1.16 bits per heavy atom. The quantitative estimate of drug-likeness (QED) is 0.385. The second kappa shape index (κ2) is 8.35. The molecule has 5 rings (SSSR count). The molecule has 1 aliphatic rings. The molecule has 1 fully saturated rings. The maximum Gasteiger partial charge on any atom is 0.225 e. The zero-order chi connectivity index (χ0) is 21.4. The normalized spacial score (nSPS) is 17.6. The van der Waals surface area contributed by atoms with Crippen molar-refractivity contribution >= 4 is 28.3 Å². The summed E-state index contributed by atoms with van der Waals surface area (Å²) in [6.07, 6.45) is 6.55. The number of nitrogens with zero attached hydrogens (tertiary/aromatic N) is 4. The number of aromatic nitrogens is 3. The SMILES string of the molecule is CC(C)n1c(C2CCCN2C(=O)CC(c2ccsc2)n2cccc2)nc2ccccc21. The van der Waals surface area contributed by atoms with Gasteiger partial charge < -0.3 is 14.0 Å². The van der Waals surface area contributed by atoms with Gasteiger partial charge in [-0.1, -0.05) is 12.1 Å². The van der Waals surface area contributed by atoms with Gasteiger partial charge in [0.2, 0.25) is 5.91 Å². The molecule has 0 saturated carbocycles. The van der Waals surface area contributed by atoms with E-state index in [1.165, 1.54) is 5.56 Å². The van der Waals surface area contributed by atoms with Crippen LogP contribution in [0.2, 0.25) is 0 Å². The number of hydrogen-bond donors (Lipinski definition) is 0. The Kier molecular flexibility index (Phi) is 5.40. The molecule has 2 unspecified atom stereocenters. The second-order valence-corrected chi connectivity index (χ2v) is 9.35. The predicted octanol–water partition coefficient (Wildman–Crippen LogP) is 5.82. The van der Waals surface area contributed by atoms with Gasteiger partial charge in [-0.15, -0.1) is 0 Å². The minimum absolute atomic E-state index is 0.0268. The Morgan fingerprint density at radius 2 is 1.97 bits per heavy atom. The molecular weight excluding hydrogens is 404 g/mol. The first kappa shape index (κ1) is 20.1. The van der Waals surface area contributed by atoms with Gasteiger partial charge in [0.05, 0.1) is 29.5 Å². The van der Waals surface area contributed by atoms with Gasteiger partial charge in [-0.2, -0.15) is 11.3 Å². The maximum absolute atomic E-state index is 13.6. The Labute approximate surface area is 186 Å². The van der Waals surface area contributed by atoms with Crippen LogP contribution >= 0.6 is 11.3 Å². The number of rotatable bonds is 6. The van der Waals surface area contributed by atoms with Gasteiger partial charge in [0.1, 0.15) is 5.82 Å². The molecule has 5 nitrogen and oxygen atoms in total. The third-order valence-electron chi connectivity index (χ3n) is 6.29. The van der Waals surface area contributed by atoms with Crippen molar-refractivity contribution in [3.63, 3.8) is 0 Å². The Morgan fingerprint density at radius 3 is 2.71 bits per heavy atom. The molecule has 4 aromatic rings. The zero-order valence-corrected chi connectivity index (χ0v) is 18.8. The van der Waals surface area contributed by atoms with E-state index in [4.69, 9.17) is 4.98 Å². The van der Waals surface area contributed by atoms with Gasteiger partial charge in [0.25, 0.3) is 0 Å². The number of para-hydroxylation sites is 2. The van der Waals surface area contributed by atoms with E-state index in [0.29, 0.717) is 12.5 Å². The first-order valence-corrected chi connectivity index (χ1v) is 12.0. The molecule has 160 valence electrons. The predicted molar refractivity (Wildman–Crippen MR) is 125 cm³/mol. The summed E-state index contributed by atoms with van der Waals surface area (Å²) in [7, 11) is 0. The largest absolute Gasteiger partial charge is 0.346 e. The Balaban J connectivity index is 1.46. The van der Waals surface area contributed by atoms with E-state index in [0.717, 1.165) is 36.2 Å². The Hall–Kier alpha value is -2.86. The number of amides is 1. The van der Waals surface area contributed by atoms with Crippen LogP contribution in [0.4, 0.5) is 0 Å². The van der Waals surface area contributed by atoms with Crippen molar-refractivity contribution in [3.05, 3.63) is 77.0 Å². The van der Waals surface area contributed by atoms with Crippen molar-refractivity contribution in [2.75, 3.05) is 6.54 Å². The molecule has 31 heavy (non-hydrogen) atoms. The molecule has 6 heteroatoms. The number of fused-ring (bicyclic) bond motifs is 1. The highest BCUT2D eigenvalue weighted by Crippen LogP contribution is 2.36. The van der Waals surface area contributed by atoms with Crippen LogP contribution in [0.15, 0.2) is 65.6 Å². The monoisotopic (exact) mass is 432 g/mol. The summed E-state index contributed by atoms with van der Waals surface area (Å²) in [4.78, 5) is 20.7. The van der Waals surface area contributed by atoms with E-state index in [9.17, 15) is 4.79 Å². The van der Waals surface area contributed by atoms with Crippen molar-refractivity contribution in [1.29, 1.82) is 0 Å². The van der Waals surface area contributed by atoms with E-state index >= 15 is 0 Å². The van der Waals surface area contributed by atoms with Crippen LogP contribution in [-0.2, 0) is 4.79 Å². The number of benzene rings is 1. The van der Waals surface area contributed by atoms with Gasteiger partial charge in [-0.25, -0.2) is 4.98 Å². The van der Waals surface area contributed by atoms with Crippen LogP contribution < -0.4 is 0 Å². The lowest BCUT2D eigenvalue weighted by Gasteiger charge is -2.28. The van der Waals surface area contributed by atoms with Crippen molar-refractivity contribution in [1.82, 2.24) is 19.0 Å². The van der Waals surface area contributed by atoms with Gasteiger partial charge in [-0.05, 0) is 73.3 Å². The summed E-state index contributed by atoms with van der Waals surface area (Å²) in [6, 6.07) is 14.8. The number of thiophene rings is 1. The highest BCUT2D eigenvalue weighted by Gasteiger charge is 2.35. The van der Waals surface area contributed by atoms with Crippen LogP contribution in [0.1, 0.15) is 62.6 Å². The van der Waals surface area contributed by atoms with E-state index in [1.54, 1.807) is 11.3 Å². The molecule has 4 heterocycles. The van der Waals surface area contributed by atoms with Gasteiger partial charge in [0, 0.05) is 25.0 Å². The number of imidazole rings is 1. The molecular formula is C25H28N4OS. The van der Waals surface area contributed by atoms with Crippen molar-refractivity contribution in [2.45, 2.75) is 51.2 Å². The van der Waals surface area contributed by atoms with Gasteiger partial charge in [-0.3, -0.25) is 4.79 Å². The summed E-state index contributed by atoms with van der Waals surface area (Å²) in [5.74, 6) is 1.23. The van der Waals surface area contributed by atoms with Crippen LogP contribution in [0.25, 0.3) is 11.0 Å². The van der Waals surface area contributed by atoms with Crippen molar-refractivity contribution < 1.29 is 4.79 Å². The lowest BCUT2D eigenvalue weighted by Crippen LogP contribution is -2.34. The molecule has 1 saturated heterocycles. The topological polar surface area (TPSA) is 43.1 Å². The van der Waals surface area contributed by atoms with E-state index in [-0.39, 0.29) is 18.0 Å². The fraction of sp³-hybridized carbons (Fsp3) is 0.360.